The van der Waals surface area contributed by atoms with Crippen LogP contribution in [0.3, 0.4) is 0 Å². The molecule has 0 saturated carbocycles. The summed E-state index contributed by atoms with van der Waals surface area (Å²) in [4.78, 5) is 0. The number of rotatable bonds is 2. The molecule has 0 aliphatic carbocycles. The zero-order valence-electron chi connectivity index (χ0n) is 9.57. The van der Waals surface area contributed by atoms with Gasteiger partial charge in [-0.1, -0.05) is 37.0 Å². The van der Waals surface area contributed by atoms with Crippen molar-refractivity contribution in [2.45, 2.75) is 25.8 Å². The monoisotopic (exact) mass is 406 g/mol. The normalized spacial score (nSPS) is 13.2. The number of halogens is 5. The quantitative estimate of drug-likeness (QED) is 0.479. The van der Waals surface area contributed by atoms with Crippen LogP contribution in [0.4, 0.5) is 13.2 Å². The smallest absolute Gasteiger partial charge is 0.166 e. The highest BCUT2D eigenvalue weighted by Gasteiger charge is 2.37. The topological polar surface area (TPSA) is 0 Å². The van der Waals surface area contributed by atoms with Crippen LogP contribution in [-0.4, -0.2) is 8.07 Å². The average molecular weight is 408 g/mol. The summed E-state index contributed by atoms with van der Waals surface area (Å²) in [5.74, 6) is 0. The predicted molar refractivity (Wildman–Crippen MR) is 78.8 cm³/mol. The molecule has 0 heterocycles. The molecule has 0 atom stereocenters. The van der Waals surface area contributed by atoms with E-state index in [0.717, 1.165) is 11.3 Å². The van der Waals surface area contributed by atoms with Gasteiger partial charge in [0, 0.05) is 5.30 Å². The lowest BCUT2D eigenvalue weighted by Crippen LogP contribution is -2.47. The standard InChI is InChI=1S/C10H12Br2F3PSi/c1-17(2,3)8-6-4-5-7(10(13,14)15)9(8)16(11)12/h4-6H,1-3H3. The number of alkyl halides is 3. The minimum Gasteiger partial charge on any atom is -0.166 e. The maximum atomic E-state index is 13.0. The van der Waals surface area contributed by atoms with E-state index in [-0.39, 0.29) is 0 Å². The lowest BCUT2D eigenvalue weighted by Gasteiger charge is -2.24. The van der Waals surface area contributed by atoms with Gasteiger partial charge in [0.25, 0.3) is 0 Å². The van der Waals surface area contributed by atoms with Crippen molar-refractivity contribution in [3.8, 4) is 0 Å². The van der Waals surface area contributed by atoms with E-state index >= 15 is 0 Å². The van der Waals surface area contributed by atoms with Crippen LogP contribution in [-0.2, 0) is 6.18 Å². The summed E-state index contributed by atoms with van der Waals surface area (Å²) in [5.41, 5.74) is -0.530. The molecule has 0 radical (unpaired) electrons. The van der Waals surface area contributed by atoms with Crippen molar-refractivity contribution >= 4 is 54.9 Å². The number of hydrogen-bond acceptors (Lipinski definition) is 0. The minimum absolute atomic E-state index is 0.383. The molecule has 7 heteroatoms. The molecule has 0 aromatic heterocycles. The summed E-state index contributed by atoms with van der Waals surface area (Å²) >= 11 is 6.55. The fourth-order valence-electron chi connectivity index (χ4n) is 1.56. The van der Waals surface area contributed by atoms with E-state index in [2.05, 4.69) is 31.0 Å². The Bertz CT molecular complexity index is 381. The van der Waals surface area contributed by atoms with Crippen molar-refractivity contribution in [3.63, 3.8) is 0 Å². The molecule has 0 aliphatic heterocycles. The first-order valence-corrected chi connectivity index (χ1v) is 13.8. The molecular formula is C10H12Br2F3PSi. The Morgan fingerprint density at radius 2 is 1.65 bits per heavy atom. The fourth-order valence-corrected chi connectivity index (χ4v) is 8.26. The Hall–Kier alpha value is 0.617. The predicted octanol–water partition coefficient (Wildman–Crippen LogP) is 4.98. The van der Waals surface area contributed by atoms with Gasteiger partial charge in [0.1, 0.15) is 0 Å². The SMILES string of the molecule is C[Si](C)(C)c1cccc(C(F)(F)F)c1P(Br)Br. The number of benzene rings is 1. The molecule has 0 N–H and O–H groups in total. The summed E-state index contributed by atoms with van der Waals surface area (Å²) in [6.45, 7) is 6.14. The third kappa shape index (κ3) is 3.79. The Morgan fingerprint density at radius 1 is 1.12 bits per heavy atom. The average Bonchev–Trinajstić information content (AvgIpc) is 2.13. The second-order valence-electron chi connectivity index (χ2n) is 4.68. The largest absolute Gasteiger partial charge is 0.417 e. The molecule has 0 bridgehead atoms. The van der Waals surface area contributed by atoms with Crippen LogP contribution < -0.4 is 10.5 Å². The van der Waals surface area contributed by atoms with Gasteiger partial charge in [0.2, 0.25) is 0 Å². The van der Waals surface area contributed by atoms with E-state index in [4.69, 9.17) is 0 Å². The summed E-state index contributed by atoms with van der Waals surface area (Å²) in [5, 5.41) is 0.111. The van der Waals surface area contributed by atoms with E-state index in [9.17, 15) is 13.2 Å². The van der Waals surface area contributed by atoms with Crippen LogP contribution in [0.1, 0.15) is 5.56 Å². The highest BCUT2D eigenvalue weighted by atomic mass is 79.9. The zero-order chi connectivity index (χ0) is 13.4. The lowest BCUT2D eigenvalue weighted by atomic mass is 10.2. The molecule has 0 nitrogen and oxygen atoms in total. The molecule has 1 aromatic rings. The minimum atomic E-state index is -4.30. The lowest BCUT2D eigenvalue weighted by molar-refractivity contribution is -0.136. The third-order valence-corrected chi connectivity index (χ3v) is 7.51. The summed E-state index contributed by atoms with van der Waals surface area (Å²) in [6.07, 6.45) is -4.30. The van der Waals surface area contributed by atoms with Crippen molar-refractivity contribution in [2.75, 3.05) is 0 Å². The highest BCUT2D eigenvalue weighted by molar-refractivity contribution is 9.70. The van der Waals surface area contributed by atoms with Crippen molar-refractivity contribution in [1.82, 2.24) is 0 Å². The van der Waals surface area contributed by atoms with Crippen molar-refractivity contribution in [2.24, 2.45) is 0 Å². The summed E-state index contributed by atoms with van der Waals surface area (Å²) in [7, 11) is -1.79. The van der Waals surface area contributed by atoms with Crippen LogP contribution in [0.15, 0.2) is 18.2 Å². The molecule has 17 heavy (non-hydrogen) atoms. The van der Waals surface area contributed by atoms with Crippen LogP contribution in [0.5, 0.6) is 0 Å². The molecule has 96 valence electrons. The second kappa shape index (κ2) is 5.31. The Labute approximate surface area is 117 Å². The van der Waals surface area contributed by atoms with Crippen LogP contribution in [0.2, 0.25) is 19.6 Å². The van der Waals surface area contributed by atoms with Gasteiger partial charge in [-0.05, 0) is 37.0 Å². The van der Waals surface area contributed by atoms with Crippen LogP contribution >= 0.6 is 36.3 Å². The fraction of sp³-hybridized carbons (Fsp3) is 0.400. The van der Waals surface area contributed by atoms with Gasteiger partial charge in [0.15, 0.2) is 0 Å². The first-order valence-electron chi connectivity index (χ1n) is 4.87. The second-order valence-corrected chi connectivity index (χ2v) is 17.7. The molecule has 0 unspecified atom stereocenters. The molecule has 0 aliphatic rings. The van der Waals surface area contributed by atoms with Crippen LogP contribution in [0, 0.1) is 0 Å². The molecular weight excluding hydrogens is 396 g/mol. The van der Waals surface area contributed by atoms with E-state index < -0.39 is 25.1 Å². The van der Waals surface area contributed by atoms with Gasteiger partial charge in [0.05, 0.1) is 19.0 Å². The molecule has 0 spiro atoms. The maximum absolute atomic E-state index is 13.0. The molecule has 0 saturated heterocycles. The molecule has 1 rings (SSSR count). The van der Waals surface area contributed by atoms with Gasteiger partial charge in [-0.2, -0.15) is 13.2 Å². The first-order chi connectivity index (χ1) is 7.55. The zero-order valence-corrected chi connectivity index (χ0v) is 14.6. The Kier molecular flexibility index (Phi) is 4.90. The van der Waals surface area contributed by atoms with Crippen molar-refractivity contribution in [3.05, 3.63) is 23.8 Å². The van der Waals surface area contributed by atoms with E-state index in [1.54, 1.807) is 0 Å². The molecule has 1 aromatic carbocycles. The van der Waals surface area contributed by atoms with Gasteiger partial charge < -0.3 is 0 Å². The summed E-state index contributed by atoms with van der Waals surface area (Å²) < 4.78 is 38.9. The van der Waals surface area contributed by atoms with Gasteiger partial charge in [-0.25, -0.2) is 0 Å². The highest BCUT2D eigenvalue weighted by Crippen LogP contribution is 2.52. The Balaban J connectivity index is 3.55. The molecule has 0 fully saturated rings. The van der Waals surface area contributed by atoms with Crippen molar-refractivity contribution in [1.29, 1.82) is 0 Å². The van der Waals surface area contributed by atoms with E-state index in [0.29, 0.717) is 5.30 Å². The summed E-state index contributed by atoms with van der Waals surface area (Å²) in [6, 6.07) is 4.46. The van der Waals surface area contributed by atoms with Gasteiger partial charge in [-0.3, -0.25) is 0 Å². The number of hydrogen-bond donors (Lipinski definition) is 0. The maximum Gasteiger partial charge on any atom is 0.417 e. The van der Waals surface area contributed by atoms with Crippen molar-refractivity contribution < 1.29 is 13.2 Å². The van der Waals surface area contributed by atoms with Gasteiger partial charge >= 0.3 is 6.18 Å². The first kappa shape index (κ1) is 15.7. The molecule has 0 amide bonds. The van der Waals surface area contributed by atoms with E-state index in [1.165, 1.54) is 6.07 Å². The Morgan fingerprint density at radius 3 is 2.00 bits per heavy atom. The van der Waals surface area contributed by atoms with E-state index in [1.807, 2.05) is 25.7 Å². The van der Waals surface area contributed by atoms with Crippen LogP contribution in [0.25, 0.3) is 0 Å². The van der Waals surface area contributed by atoms with Gasteiger partial charge in [-0.15, -0.1) is 0 Å². The third-order valence-electron chi connectivity index (χ3n) is 2.32.